The van der Waals surface area contributed by atoms with Crippen LogP contribution in [0, 0.1) is 0 Å². The molecule has 0 radical (unpaired) electrons. The number of rotatable bonds is 5. The van der Waals surface area contributed by atoms with Crippen LogP contribution in [0.2, 0.25) is 5.28 Å². The van der Waals surface area contributed by atoms with Gasteiger partial charge in [-0.2, -0.15) is 15.0 Å². The predicted octanol–water partition coefficient (Wildman–Crippen LogP) is 1.50. The molecule has 19 heavy (non-hydrogen) atoms. The predicted molar refractivity (Wildman–Crippen MR) is 74.9 cm³/mol. The van der Waals surface area contributed by atoms with Crippen molar-refractivity contribution in [1.29, 1.82) is 0 Å². The second-order valence-corrected chi connectivity index (χ2v) is 4.92. The maximum absolute atomic E-state index is 5.93. The molecule has 1 unspecified atom stereocenters. The Morgan fingerprint density at radius 1 is 1.42 bits per heavy atom. The molecule has 1 saturated heterocycles. The molecule has 1 aliphatic rings. The van der Waals surface area contributed by atoms with Crippen molar-refractivity contribution in [3.05, 3.63) is 5.28 Å². The highest BCUT2D eigenvalue weighted by Gasteiger charge is 2.23. The van der Waals surface area contributed by atoms with E-state index in [2.05, 4.69) is 32.1 Å². The van der Waals surface area contributed by atoms with Gasteiger partial charge >= 0.3 is 6.01 Å². The average Bonchev–Trinajstić information content (AvgIpc) is 2.45. The van der Waals surface area contributed by atoms with Gasteiger partial charge in [0.05, 0.1) is 7.11 Å². The zero-order valence-corrected chi connectivity index (χ0v) is 12.2. The van der Waals surface area contributed by atoms with E-state index in [1.54, 1.807) is 0 Å². The molecule has 1 N–H and O–H groups in total. The Morgan fingerprint density at radius 2 is 2.26 bits per heavy atom. The van der Waals surface area contributed by atoms with E-state index in [9.17, 15) is 0 Å². The summed E-state index contributed by atoms with van der Waals surface area (Å²) in [6.07, 6.45) is 3.33. The molecule has 1 aromatic heterocycles. The molecular formula is C12H20ClN5O. The van der Waals surface area contributed by atoms with Crippen LogP contribution >= 0.6 is 11.6 Å². The third kappa shape index (κ3) is 3.67. The van der Waals surface area contributed by atoms with Crippen molar-refractivity contribution in [1.82, 2.24) is 20.3 Å². The molecule has 106 valence electrons. The number of nitrogens with one attached hydrogen (secondary N) is 1. The average molecular weight is 286 g/mol. The molecule has 0 aromatic carbocycles. The third-order valence-corrected chi connectivity index (χ3v) is 3.36. The Bertz CT molecular complexity index is 411. The van der Waals surface area contributed by atoms with Gasteiger partial charge in [0.15, 0.2) is 0 Å². The number of hydrogen-bond acceptors (Lipinski definition) is 6. The van der Waals surface area contributed by atoms with Crippen LogP contribution < -0.4 is 15.0 Å². The quantitative estimate of drug-likeness (QED) is 0.885. The van der Waals surface area contributed by atoms with E-state index in [4.69, 9.17) is 16.3 Å². The summed E-state index contributed by atoms with van der Waals surface area (Å²) in [6, 6.07) is 0.664. The molecule has 2 rings (SSSR count). The summed E-state index contributed by atoms with van der Waals surface area (Å²) in [4.78, 5) is 14.7. The summed E-state index contributed by atoms with van der Waals surface area (Å²) in [7, 11) is 1.53. The molecule has 0 spiro atoms. The van der Waals surface area contributed by atoms with Crippen LogP contribution in [0.4, 0.5) is 5.95 Å². The van der Waals surface area contributed by atoms with Crippen LogP contribution in [-0.4, -0.2) is 47.7 Å². The lowest BCUT2D eigenvalue weighted by atomic mass is 10.1. The van der Waals surface area contributed by atoms with Gasteiger partial charge in [0.2, 0.25) is 11.2 Å². The van der Waals surface area contributed by atoms with Crippen molar-refractivity contribution in [3.63, 3.8) is 0 Å². The number of halogens is 1. The zero-order chi connectivity index (χ0) is 13.7. The molecule has 0 aliphatic carbocycles. The van der Waals surface area contributed by atoms with Crippen LogP contribution in [0.5, 0.6) is 6.01 Å². The van der Waals surface area contributed by atoms with E-state index in [1.165, 1.54) is 13.5 Å². The summed E-state index contributed by atoms with van der Waals surface area (Å²) < 4.78 is 5.06. The Hall–Kier alpha value is -1.14. The third-order valence-electron chi connectivity index (χ3n) is 3.19. The normalized spacial score (nSPS) is 19.2. The van der Waals surface area contributed by atoms with Crippen LogP contribution in [0.15, 0.2) is 0 Å². The van der Waals surface area contributed by atoms with Gasteiger partial charge in [-0.1, -0.05) is 6.92 Å². The molecule has 1 aromatic rings. The summed E-state index contributed by atoms with van der Waals surface area (Å²) in [5, 5.41) is 3.58. The Labute approximate surface area is 118 Å². The van der Waals surface area contributed by atoms with Gasteiger partial charge in [0.1, 0.15) is 0 Å². The fourth-order valence-electron chi connectivity index (χ4n) is 2.33. The van der Waals surface area contributed by atoms with Gasteiger partial charge in [0.25, 0.3) is 0 Å². The van der Waals surface area contributed by atoms with Crippen LogP contribution in [-0.2, 0) is 0 Å². The van der Waals surface area contributed by atoms with Crippen molar-refractivity contribution in [2.75, 3.05) is 31.6 Å². The van der Waals surface area contributed by atoms with E-state index in [0.717, 1.165) is 32.5 Å². The molecule has 1 fully saturated rings. The monoisotopic (exact) mass is 285 g/mol. The largest absolute Gasteiger partial charge is 0.467 e. The first-order chi connectivity index (χ1) is 9.24. The molecular weight excluding hydrogens is 266 g/mol. The second-order valence-electron chi connectivity index (χ2n) is 4.58. The summed E-state index contributed by atoms with van der Waals surface area (Å²) >= 11 is 5.93. The first-order valence-corrected chi connectivity index (χ1v) is 7.05. The molecule has 0 bridgehead atoms. The highest BCUT2D eigenvalue weighted by atomic mass is 35.5. The first-order valence-electron chi connectivity index (χ1n) is 6.67. The fourth-order valence-corrected chi connectivity index (χ4v) is 2.48. The maximum atomic E-state index is 5.93. The molecule has 0 amide bonds. The Morgan fingerprint density at radius 3 is 2.89 bits per heavy atom. The molecule has 1 aliphatic heterocycles. The molecule has 1 atom stereocenters. The smallest absolute Gasteiger partial charge is 0.322 e. The van der Waals surface area contributed by atoms with Crippen LogP contribution in [0.1, 0.15) is 26.2 Å². The zero-order valence-electron chi connectivity index (χ0n) is 11.4. The minimum absolute atomic E-state index is 0.173. The van der Waals surface area contributed by atoms with Gasteiger partial charge in [-0.15, -0.1) is 0 Å². The van der Waals surface area contributed by atoms with Crippen molar-refractivity contribution < 1.29 is 4.74 Å². The number of hydrogen-bond donors (Lipinski definition) is 1. The van der Waals surface area contributed by atoms with Gasteiger partial charge in [0, 0.05) is 19.1 Å². The first kappa shape index (κ1) is 14.3. The van der Waals surface area contributed by atoms with Gasteiger partial charge in [-0.3, -0.25) is 0 Å². The number of aromatic nitrogens is 3. The number of ether oxygens (including phenoxy) is 1. The maximum Gasteiger partial charge on any atom is 0.322 e. The van der Waals surface area contributed by atoms with Gasteiger partial charge in [-0.05, 0) is 37.4 Å². The Balaban J connectivity index is 2.24. The Kier molecular flexibility index (Phi) is 5.15. The summed E-state index contributed by atoms with van der Waals surface area (Å²) in [6.45, 7) is 5.07. The van der Waals surface area contributed by atoms with E-state index in [-0.39, 0.29) is 11.3 Å². The number of nitrogens with zero attached hydrogens (tertiary/aromatic N) is 4. The number of methoxy groups -OCH3 is 1. The topological polar surface area (TPSA) is 63.2 Å². The lowest BCUT2D eigenvalue weighted by Gasteiger charge is -2.34. The van der Waals surface area contributed by atoms with Crippen molar-refractivity contribution in [2.45, 2.75) is 32.2 Å². The van der Waals surface area contributed by atoms with E-state index in [0.29, 0.717) is 12.0 Å². The minimum Gasteiger partial charge on any atom is -0.467 e. The lowest BCUT2D eigenvalue weighted by Crippen LogP contribution is -2.47. The molecule has 0 saturated carbocycles. The van der Waals surface area contributed by atoms with E-state index < -0.39 is 0 Å². The van der Waals surface area contributed by atoms with Crippen LogP contribution in [0.3, 0.4) is 0 Å². The molecule has 6 nitrogen and oxygen atoms in total. The van der Waals surface area contributed by atoms with Gasteiger partial charge in [-0.25, -0.2) is 0 Å². The molecule has 7 heteroatoms. The lowest BCUT2D eigenvalue weighted by molar-refractivity contribution is 0.374. The van der Waals surface area contributed by atoms with Gasteiger partial charge < -0.3 is 15.0 Å². The number of piperidine rings is 1. The highest BCUT2D eigenvalue weighted by molar-refractivity contribution is 6.28. The van der Waals surface area contributed by atoms with Crippen molar-refractivity contribution in [2.24, 2.45) is 0 Å². The summed E-state index contributed by atoms with van der Waals surface area (Å²) in [5.74, 6) is 0.604. The summed E-state index contributed by atoms with van der Waals surface area (Å²) in [5.41, 5.74) is 0. The standard InChI is InChI=1S/C12H20ClN5O/c1-3-7-18(9-5-4-6-14-8-9)11-15-10(13)16-12(17-11)19-2/h9,14H,3-8H2,1-2H3. The highest BCUT2D eigenvalue weighted by Crippen LogP contribution is 2.20. The van der Waals surface area contributed by atoms with Crippen molar-refractivity contribution in [3.8, 4) is 6.01 Å². The van der Waals surface area contributed by atoms with Crippen molar-refractivity contribution >= 4 is 17.5 Å². The SMILES string of the molecule is CCCN(c1nc(Cl)nc(OC)n1)C1CCCNC1. The second kappa shape index (κ2) is 6.86. The van der Waals surface area contributed by atoms with E-state index in [1.807, 2.05) is 0 Å². The molecule has 2 heterocycles. The van der Waals surface area contributed by atoms with E-state index >= 15 is 0 Å². The number of anilines is 1. The fraction of sp³-hybridized carbons (Fsp3) is 0.750. The minimum atomic E-state index is 0.173. The van der Waals surface area contributed by atoms with Crippen LogP contribution in [0.25, 0.3) is 0 Å².